The Hall–Kier alpha value is -6.53. The third-order valence-corrected chi connectivity index (χ3v) is 11.0. The molecule has 5 nitrogen and oxygen atoms in total. The second-order valence-electron chi connectivity index (χ2n) is 14.4. The normalized spacial score (nSPS) is 14.1. The van der Waals surface area contributed by atoms with Crippen molar-refractivity contribution in [2.75, 3.05) is 4.90 Å². The first-order valence-electron chi connectivity index (χ1n) is 18.0. The molecule has 0 saturated heterocycles. The molecule has 1 unspecified atom stereocenters. The first-order valence-corrected chi connectivity index (χ1v) is 18.0. The molecule has 3 aromatic heterocycles. The molecule has 0 N–H and O–H groups in total. The summed E-state index contributed by atoms with van der Waals surface area (Å²) in [5.74, 6) is 0.808. The molecule has 6 aromatic carbocycles. The molecular formula is C47H36FN5. The largest absolute Gasteiger partial charge is 0.327 e. The smallest absolute Gasteiger partial charge is 0.150 e. The van der Waals surface area contributed by atoms with Gasteiger partial charge in [-0.3, -0.25) is 4.57 Å². The summed E-state index contributed by atoms with van der Waals surface area (Å²) in [6, 6.07) is 51.5. The van der Waals surface area contributed by atoms with Gasteiger partial charge in [0, 0.05) is 46.4 Å². The van der Waals surface area contributed by atoms with Gasteiger partial charge in [-0.05, 0) is 82.9 Å². The molecule has 1 aliphatic heterocycles. The Balaban J connectivity index is 1.17. The zero-order valence-corrected chi connectivity index (χ0v) is 29.7. The van der Waals surface area contributed by atoms with E-state index in [0.717, 1.165) is 67.1 Å². The lowest BCUT2D eigenvalue weighted by Crippen LogP contribution is -2.31. The molecule has 256 valence electrons. The topological polar surface area (TPSA) is 38.9 Å². The zero-order chi connectivity index (χ0) is 35.8. The summed E-state index contributed by atoms with van der Waals surface area (Å²) in [7, 11) is 2.00. The number of hydrogen-bond acceptors (Lipinski definition) is 3. The van der Waals surface area contributed by atoms with E-state index < -0.39 is 6.17 Å². The number of aromatic nitrogens is 4. The molecule has 0 bridgehead atoms. The van der Waals surface area contributed by atoms with E-state index in [1.54, 1.807) is 0 Å². The van der Waals surface area contributed by atoms with Crippen molar-refractivity contribution in [1.29, 1.82) is 0 Å². The van der Waals surface area contributed by atoms with Crippen molar-refractivity contribution in [3.8, 4) is 17.1 Å². The van der Waals surface area contributed by atoms with Crippen LogP contribution in [-0.2, 0) is 12.5 Å². The van der Waals surface area contributed by atoms with Crippen molar-refractivity contribution in [2.24, 2.45) is 7.05 Å². The number of alkyl halides is 1. The fourth-order valence-corrected chi connectivity index (χ4v) is 8.46. The van der Waals surface area contributed by atoms with Crippen molar-refractivity contribution in [3.05, 3.63) is 180 Å². The maximum atomic E-state index is 16.9. The van der Waals surface area contributed by atoms with E-state index in [-0.39, 0.29) is 5.41 Å². The van der Waals surface area contributed by atoms with Gasteiger partial charge in [0.2, 0.25) is 0 Å². The Kier molecular flexibility index (Phi) is 6.92. The molecule has 6 heteroatoms. The van der Waals surface area contributed by atoms with E-state index in [9.17, 15) is 0 Å². The van der Waals surface area contributed by atoms with Gasteiger partial charge in [-0.15, -0.1) is 0 Å². The van der Waals surface area contributed by atoms with Crippen LogP contribution in [0.5, 0.6) is 0 Å². The molecule has 0 radical (unpaired) electrons. The van der Waals surface area contributed by atoms with Crippen molar-refractivity contribution < 1.29 is 4.39 Å². The Morgan fingerprint density at radius 1 is 0.642 bits per heavy atom. The van der Waals surface area contributed by atoms with Crippen LogP contribution in [-0.4, -0.2) is 19.1 Å². The zero-order valence-electron chi connectivity index (χ0n) is 29.7. The maximum Gasteiger partial charge on any atom is 0.150 e. The van der Waals surface area contributed by atoms with Crippen molar-refractivity contribution in [2.45, 2.75) is 25.4 Å². The quantitative estimate of drug-likeness (QED) is 0.181. The summed E-state index contributed by atoms with van der Waals surface area (Å²) in [6.07, 6.45) is 0.485. The lowest BCUT2D eigenvalue weighted by atomic mass is 9.73. The molecule has 9 aromatic rings. The maximum absolute atomic E-state index is 16.9. The van der Waals surface area contributed by atoms with Gasteiger partial charge in [-0.1, -0.05) is 105 Å². The van der Waals surface area contributed by atoms with Crippen LogP contribution in [0.4, 0.5) is 21.5 Å². The number of pyridine rings is 1. The second kappa shape index (κ2) is 11.8. The highest BCUT2D eigenvalue weighted by atomic mass is 19.1. The van der Waals surface area contributed by atoms with E-state index in [2.05, 4.69) is 113 Å². The van der Waals surface area contributed by atoms with Gasteiger partial charge < -0.3 is 9.47 Å². The first kappa shape index (κ1) is 31.2. The lowest BCUT2D eigenvalue weighted by molar-refractivity contribution is 0.402. The van der Waals surface area contributed by atoms with E-state index in [4.69, 9.17) is 9.97 Å². The molecule has 0 amide bonds. The fourth-order valence-electron chi connectivity index (χ4n) is 8.46. The number of nitrogens with zero attached hydrogens (tertiary/aromatic N) is 5. The minimum atomic E-state index is -1.36. The van der Waals surface area contributed by atoms with Gasteiger partial charge in [0.25, 0.3) is 0 Å². The molecule has 0 spiro atoms. The SMILES string of the molecule is Cn1c(-c2cccc(C(F)c3cccc(-n4c5ncccc5c5ccc6c(c54)N(c4ccccc4)c4ccccc4C6(C)C)c3)c2)nc2ccccc21. The first-order chi connectivity index (χ1) is 25.9. The minimum Gasteiger partial charge on any atom is -0.327 e. The number of halogens is 1. The van der Waals surface area contributed by atoms with Crippen LogP contribution in [0.2, 0.25) is 0 Å². The molecule has 0 saturated carbocycles. The molecule has 1 atom stereocenters. The molecule has 0 aliphatic carbocycles. The van der Waals surface area contributed by atoms with Crippen molar-refractivity contribution in [3.63, 3.8) is 0 Å². The van der Waals surface area contributed by atoms with Crippen LogP contribution >= 0.6 is 0 Å². The van der Waals surface area contributed by atoms with Gasteiger partial charge in [0.15, 0.2) is 6.17 Å². The summed E-state index contributed by atoms with van der Waals surface area (Å²) >= 11 is 0. The standard InChI is InChI=1S/C47H36FN5/c1-47(2)37-21-7-9-23-40(37)52(33-17-5-4-6-18-33)44-38(47)26-25-35-36-20-13-27-49-46(36)53(43(35)44)34-19-12-15-31(29-34)42(48)30-14-11-16-32(28-30)45-50-39-22-8-10-24-41(39)51(45)3/h4-29,42H,1-3H3. The average molecular weight is 690 g/mol. The summed E-state index contributed by atoms with van der Waals surface area (Å²) in [4.78, 5) is 12.2. The molecular weight excluding hydrogens is 654 g/mol. The summed E-state index contributed by atoms with van der Waals surface area (Å²) < 4.78 is 21.2. The average Bonchev–Trinajstić information content (AvgIpc) is 3.73. The summed E-state index contributed by atoms with van der Waals surface area (Å²) in [6.45, 7) is 4.61. The van der Waals surface area contributed by atoms with Crippen LogP contribution in [0, 0.1) is 0 Å². The van der Waals surface area contributed by atoms with Gasteiger partial charge >= 0.3 is 0 Å². The predicted octanol–water partition coefficient (Wildman–Crippen LogP) is 11.9. The Bertz CT molecular complexity index is 2870. The van der Waals surface area contributed by atoms with E-state index in [0.29, 0.717) is 11.1 Å². The number of benzene rings is 6. The highest BCUT2D eigenvalue weighted by Crippen LogP contribution is 2.55. The Morgan fingerprint density at radius 2 is 1.38 bits per heavy atom. The van der Waals surface area contributed by atoms with E-state index in [1.807, 2.05) is 80.0 Å². The van der Waals surface area contributed by atoms with Gasteiger partial charge in [-0.2, -0.15) is 0 Å². The Labute approximate surface area is 307 Å². The van der Waals surface area contributed by atoms with Crippen molar-refractivity contribution in [1.82, 2.24) is 19.1 Å². The van der Waals surface area contributed by atoms with Gasteiger partial charge in [0.05, 0.1) is 27.9 Å². The van der Waals surface area contributed by atoms with E-state index in [1.165, 1.54) is 11.1 Å². The van der Waals surface area contributed by atoms with Gasteiger partial charge in [0.1, 0.15) is 11.5 Å². The molecule has 10 rings (SSSR count). The van der Waals surface area contributed by atoms with Crippen LogP contribution < -0.4 is 4.90 Å². The van der Waals surface area contributed by atoms with Crippen LogP contribution in [0.3, 0.4) is 0 Å². The van der Waals surface area contributed by atoms with Crippen LogP contribution in [0.1, 0.15) is 42.3 Å². The van der Waals surface area contributed by atoms with Crippen LogP contribution in [0.25, 0.3) is 50.0 Å². The van der Waals surface area contributed by atoms with Gasteiger partial charge in [-0.25, -0.2) is 14.4 Å². The summed E-state index contributed by atoms with van der Waals surface area (Å²) in [5.41, 5.74) is 12.2. The lowest BCUT2D eigenvalue weighted by Gasteiger charge is -2.42. The highest BCUT2D eigenvalue weighted by molar-refractivity contribution is 6.15. The third-order valence-electron chi connectivity index (χ3n) is 11.0. The Morgan fingerprint density at radius 3 is 2.23 bits per heavy atom. The number of anilines is 3. The predicted molar refractivity (Wildman–Crippen MR) is 214 cm³/mol. The molecule has 4 heterocycles. The number of aryl methyl sites for hydroxylation is 1. The molecule has 53 heavy (non-hydrogen) atoms. The number of rotatable bonds is 5. The highest BCUT2D eigenvalue weighted by Gasteiger charge is 2.39. The monoisotopic (exact) mass is 689 g/mol. The third kappa shape index (κ3) is 4.68. The van der Waals surface area contributed by atoms with E-state index >= 15 is 4.39 Å². The molecule has 0 fully saturated rings. The van der Waals surface area contributed by atoms with Crippen LogP contribution in [0.15, 0.2) is 158 Å². The minimum absolute atomic E-state index is 0.282. The fraction of sp³-hybridized carbons (Fsp3) is 0.106. The number of fused-ring (bicyclic) bond motifs is 7. The van der Waals surface area contributed by atoms with Crippen molar-refractivity contribution >= 4 is 50.0 Å². The number of para-hydroxylation sites is 4. The second-order valence-corrected chi connectivity index (χ2v) is 14.4. The number of imidazole rings is 1. The molecule has 1 aliphatic rings. The summed E-state index contributed by atoms with van der Waals surface area (Å²) in [5, 5.41) is 2.15. The number of hydrogen-bond donors (Lipinski definition) is 0.